The average Bonchev–Trinajstić information content (AvgIpc) is 2.95. The van der Waals surface area contributed by atoms with Gasteiger partial charge in [-0.3, -0.25) is 4.68 Å². The van der Waals surface area contributed by atoms with E-state index in [1.807, 2.05) is 11.7 Å². The molecule has 2 unspecified atom stereocenters. The van der Waals surface area contributed by atoms with Crippen molar-refractivity contribution in [3.8, 4) is 0 Å². The van der Waals surface area contributed by atoms with Crippen molar-refractivity contribution in [1.29, 1.82) is 0 Å². The van der Waals surface area contributed by atoms with E-state index in [1.165, 1.54) is 11.4 Å². The highest BCUT2D eigenvalue weighted by Crippen LogP contribution is 2.28. The molecule has 0 spiro atoms. The SMILES string of the molecule is CCNC(c1cc(CC)nn1C)C1CCOC1. The van der Waals surface area contributed by atoms with Gasteiger partial charge in [-0.2, -0.15) is 5.10 Å². The first-order chi connectivity index (χ1) is 8.26. The Hall–Kier alpha value is -0.870. The number of aromatic nitrogens is 2. The van der Waals surface area contributed by atoms with Gasteiger partial charge >= 0.3 is 0 Å². The largest absolute Gasteiger partial charge is 0.381 e. The van der Waals surface area contributed by atoms with Gasteiger partial charge in [-0.15, -0.1) is 0 Å². The Labute approximate surface area is 103 Å². The van der Waals surface area contributed by atoms with Crippen LogP contribution in [-0.2, 0) is 18.2 Å². The van der Waals surface area contributed by atoms with E-state index in [-0.39, 0.29) is 0 Å². The van der Waals surface area contributed by atoms with Crippen LogP contribution in [0.3, 0.4) is 0 Å². The highest BCUT2D eigenvalue weighted by Gasteiger charge is 2.28. The van der Waals surface area contributed by atoms with Crippen LogP contribution in [0.25, 0.3) is 0 Å². The first-order valence-corrected chi connectivity index (χ1v) is 6.60. The average molecular weight is 237 g/mol. The molecule has 2 rings (SSSR count). The Morgan fingerprint density at radius 2 is 2.41 bits per heavy atom. The maximum atomic E-state index is 5.51. The number of nitrogens with one attached hydrogen (secondary N) is 1. The fourth-order valence-corrected chi connectivity index (χ4v) is 2.56. The number of hydrogen-bond acceptors (Lipinski definition) is 3. The second-order valence-corrected chi connectivity index (χ2v) is 4.70. The van der Waals surface area contributed by atoms with E-state index in [4.69, 9.17) is 4.74 Å². The van der Waals surface area contributed by atoms with Gasteiger partial charge in [0.15, 0.2) is 0 Å². The van der Waals surface area contributed by atoms with Gasteiger partial charge in [0, 0.05) is 19.6 Å². The summed E-state index contributed by atoms with van der Waals surface area (Å²) in [5, 5.41) is 8.12. The van der Waals surface area contributed by atoms with Crippen LogP contribution in [0.2, 0.25) is 0 Å². The van der Waals surface area contributed by atoms with Crippen LogP contribution in [0.15, 0.2) is 6.07 Å². The molecule has 2 atom stereocenters. The Balaban J connectivity index is 2.21. The van der Waals surface area contributed by atoms with E-state index in [0.717, 1.165) is 32.6 Å². The smallest absolute Gasteiger partial charge is 0.0625 e. The Morgan fingerprint density at radius 3 is 2.94 bits per heavy atom. The van der Waals surface area contributed by atoms with E-state index < -0.39 is 0 Å². The number of ether oxygens (including phenoxy) is 1. The minimum atomic E-state index is 0.375. The normalized spacial score (nSPS) is 21.9. The summed E-state index contributed by atoms with van der Waals surface area (Å²) in [6.45, 7) is 7.04. The fourth-order valence-electron chi connectivity index (χ4n) is 2.56. The summed E-state index contributed by atoms with van der Waals surface area (Å²) in [7, 11) is 2.04. The Kier molecular flexibility index (Phi) is 4.18. The molecule has 2 heterocycles. The number of rotatable bonds is 5. The molecule has 96 valence electrons. The summed E-state index contributed by atoms with van der Waals surface area (Å²) < 4.78 is 7.53. The van der Waals surface area contributed by atoms with Crippen molar-refractivity contribution in [1.82, 2.24) is 15.1 Å². The van der Waals surface area contributed by atoms with Crippen LogP contribution < -0.4 is 5.32 Å². The molecule has 1 aliphatic rings. The molecule has 0 aliphatic carbocycles. The summed E-state index contributed by atoms with van der Waals surface area (Å²) >= 11 is 0. The predicted molar refractivity (Wildman–Crippen MR) is 67.9 cm³/mol. The van der Waals surface area contributed by atoms with Crippen molar-refractivity contribution in [2.45, 2.75) is 32.7 Å². The highest BCUT2D eigenvalue weighted by molar-refractivity contribution is 5.15. The molecule has 0 bridgehead atoms. The topological polar surface area (TPSA) is 39.1 Å². The lowest BCUT2D eigenvalue weighted by Crippen LogP contribution is -2.30. The number of hydrogen-bond donors (Lipinski definition) is 1. The monoisotopic (exact) mass is 237 g/mol. The molecule has 1 saturated heterocycles. The molecule has 1 aromatic heterocycles. The van der Waals surface area contributed by atoms with E-state index in [1.54, 1.807) is 0 Å². The molecule has 1 aliphatic heterocycles. The second-order valence-electron chi connectivity index (χ2n) is 4.70. The van der Waals surface area contributed by atoms with E-state index in [0.29, 0.717) is 12.0 Å². The molecule has 4 heteroatoms. The number of aryl methyl sites for hydroxylation is 2. The maximum absolute atomic E-state index is 5.51. The number of nitrogens with zero attached hydrogens (tertiary/aromatic N) is 2. The van der Waals surface area contributed by atoms with Gasteiger partial charge in [0.25, 0.3) is 0 Å². The third kappa shape index (κ3) is 2.69. The van der Waals surface area contributed by atoms with Crippen molar-refractivity contribution >= 4 is 0 Å². The molecule has 1 aromatic rings. The van der Waals surface area contributed by atoms with Crippen molar-refractivity contribution < 1.29 is 4.74 Å². The molecule has 4 nitrogen and oxygen atoms in total. The zero-order valence-electron chi connectivity index (χ0n) is 11.1. The highest BCUT2D eigenvalue weighted by atomic mass is 16.5. The van der Waals surface area contributed by atoms with Gasteiger partial charge in [0.1, 0.15) is 0 Å². The molecule has 1 N–H and O–H groups in total. The second kappa shape index (κ2) is 5.65. The van der Waals surface area contributed by atoms with Crippen LogP contribution in [0, 0.1) is 5.92 Å². The molecule has 1 fully saturated rings. The lowest BCUT2D eigenvalue weighted by Gasteiger charge is -2.23. The zero-order chi connectivity index (χ0) is 12.3. The van der Waals surface area contributed by atoms with Gasteiger partial charge < -0.3 is 10.1 Å². The minimum absolute atomic E-state index is 0.375. The van der Waals surface area contributed by atoms with Gasteiger partial charge in [-0.05, 0) is 25.5 Å². The fraction of sp³-hybridized carbons (Fsp3) is 0.769. The first kappa shape index (κ1) is 12.6. The molecule has 17 heavy (non-hydrogen) atoms. The third-order valence-corrected chi connectivity index (χ3v) is 3.51. The molecule has 0 amide bonds. The van der Waals surface area contributed by atoms with E-state index >= 15 is 0 Å². The Morgan fingerprint density at radius 1 is 1.59 bits per heavy atom. The Bertz CT molecular complexity index is 356. The first-order valence-electron chi connectivity index (χ1n) is 6.60. The molecular weight excluding hydrogens is 214 g/mol. The summed E-state index contributed by atoms with van der Waals surface area (Å²) in [5.74, 6) is 0.579. The van der Waals surface area contributed by atoms with Crippen LogP contribution in [0.1, 0.15) is 37.7 Å². The summed E-state index contributed by atoms with van der Waals surface area (Å²) in [6.07, 6.45) is 2.14. The van der Waals surface area contributed by atoms with Crippen molar-refractivity contribution in [2.75, 3.05) is 19.8 Å². The van der Waals surface area contributed by atoms with Gasteiger partial charge in [-0.1, -0.05) is 13.8 Å². The summed E-state index contributed by atoms with van der Waals surface area (Å²) in [5.41, 5.74) is 2.46. The van der Waals surface area contributed by atoms with Crippen molar-refractivity contribution in [3.63, 3.8) is 0 Å². The van der Waals surface area contributed by atoms with Crippen LogP contribution in [0.4, 0.5) is 0 Å². The maximum Gasteiger partial charge on any atom is 0.0625 e. The van der Waals surface area contributed by atoms with E-state index in [9.17, 15) is 0 Å². The third-order valence-electron chi connectivity index (χ3n) is 3.51. The zero-order valence-corrected chi connectivity index (χ0v) is 11.1. The van der Waals surface area contributed by atoms with Crippen molar-refractivity contribution in [3.05, 3.63) is 17.5 Å². The summed E-state index contributed by atoms with van der Waals surface area (Å²) in [6, 6.07) is 2.60. The van der Waals surface area contributed by atoms with Crippen molar-refractivity contribution in [2.24, 2.45) is 13.0 Å². The van der Waals surface area contributed by atoms with Crippen LogP contribution >= 0.6 is 0 Å². The van der Waals surface area contributed by atoms with Gasteiger partial charge in [0.2, 0.25) is 0 Å². The van der Waals surface area contributed by atoms with Crippen LogP contribution in [-0.4, -0.2) is 29.5 Å². The van der Waals surface area contributed by atoms with Gasteiger partial charge in [-0.25, -0.2) is 0 Å². The molecule has 0 saturated carbocycles. The molecule has 0 aromatic carbocycles. The lowest BCUT2D eigenvalue weighted by atomic mass is 9.95. The lowest BCUT2D eigenvalue weighted by molar-refractivity contribution is 0.176. The molecular formula is C13H23N3O. The van der Waals surface area contributed by atoms with Crippen LogP contribution in [0.5, 0.6) is 0 Å². The standard InChI is InChI=1S/C13H23N3O/c1-4-11-8-12(16(3)15-11)13(14-5-2)10-6-7-17-9-10/h8,10,13-14H,4-7,9H2,1-3H3. The van der Waals surface area contributed by atoms with Gasteiger partial charge in [0.05, 0.1) is 24.0 Å². The molecule has 0 radical (unpaired) electrons. The van der Waals surface area contributed by atoms with E-state index in [2.05, 4.69) is 30.3 Å². The predicted octanol–water partition coefficient (Wildman–Crippen LogP) is 1.67. The summed E-state index contributed by atoms with van der Waals surface area (Å²) in [4.78, 5) is 0. The minimum Gasteiger partial charge on any atom is -0.381 e. The quantitative estimate of drug-likeness (QED) is 0.846.